The minimum absolute atomic E-state index is 0.0944. The largest absolute Gasteiger partial charge is 0.445 e. The predicted octanol–water partition coefficient (Wildman–Crippen LogP) is 1.86. The molecule has 1 atom stereocenters. The molecule has 0 aliphatic rings. The van der Waals surface area contributed by atoms with Crippen molar-refractivity contribution in [1.29, 1.82) is 0 Å². The van der Waals surface area contributed by atoms with Crippen LogP contribution in [0.3, 0.4) is 0 Å². The predicted molar refractivity (Wildman–Crippen MR) is 86.7 cm³/mol. The fourth-order valence-electron chi connectivity index (χ4n) is 1.53. The summed E-state index contributed by atoms with van der Waals surface area (Å²) in [4.78, 5) is 34.8. The van der Waals surface area contributed by atoms with Crippen molar-refractivity contribution >= 4 is 18.1 Å². The molecular formula is C16H23N3O5. The molecule has 0 spiro atoms. The molecule has 0 saturated carbocycles. The molecule has 3 N–H and O–H groups in total. The highest BCUT2D eigenvalue weighted by Gasteiger charge is 2.19. The smallest absolute Gasteiger partial charge is 0.426 e. The van der Waals surface area contributed by atoms with Crippen LogP contribution in [0.15, 0.2) is 30.3 Å². The third-order valence-corrected chi connectivity index (χ3v) is 2.63. The van der Waals surface area contributed by atoms with E-state index in [1.54, 1.807) is 20.8 Å². The number of carbonyl (C=O) groups excluding carboxylic acids is 3. The van der Waals surface area contributed by atoms with Crippen molar-refractivity contribution in [2.75, 3.05) is 0 Å². The topological polar surface area (TPSA) is 106 Å². The second kappa shape index (κ2) is 8.76. The van der Waals surface area contributed by atoms with Crippen molar-refractivity contribution in [3.63, 3.8) is 0 Å². The summed E-state index contributed by atoms with van der Waals surface area (Å²) in [6.45, 7) is 6.64. The Morgan fingerprint density at radius 1 is 1.04 bits per heavy atom. The van der Waals surface area contributed by atoms with Gasteiger partial charge in [-0.25, -0.2) is 15.0 Å². The van der Waals surface area contributed by atoms with Gasteiger partial charge in [-0.2, -0.15) is 0 Å². The molecule has 1 aromatic carbocycles. The van der Waals surface area contributed by atoms with E-state index in [0.717, 1.165) is 5.56 Å². The molecule has 0 aliphatic carbocycles. The summed E-state index contributed by atoms with van der Waals surface area (Å²) >= 11 is 0. The molecule has 0 fully saturated rings. The Labute approximate surface area is 140 Å². The Hall–Kier alpha value is -2.77. The summed E-state index contributed by atoms with van der Waals surface area (Å²) in [5, 5.41) is 2.36. The molecule has 0 aromatic heterocycles. The van der Waals surface area contributed by atoms with E-state index in [0.29, 0.717) is 0 Å². The molecule has 0 bridgehead atoms. The van der Waals surface area contributed by atoms with Gasteiger partial charge < -0.3 is 14.8 Å². The average molecular weight is 337 g/mol. The quantitative estimate of drug-likeness (QED) is 0.727. The first kappa shape index (κ1) is 19.3. The zero-order valence-corrected chi connectivity index (χ0v) is 14.2. The number of hydrazine groups is 1. The first-order chi connectivity index (χ1) is 11.2. The summed E-state index contributed by atoms with van der Waals surface area (Å²) in [7, 11) is 0. The van der Waals surface area contributed by atoms with Crippen molar-refractivity contribution in [2.45, 2.75) is 45.9 Å². The van der Waals surface area contributed by atoms with Gasteiger partial charge in [0.1, 0.15) is 18.2 Å². The summed E-state index contributed by atoms with van der Waals surface area (Å²) in [6.07, 6.45) is -1.53. The van der Waals surface area contributed by atoms with E-state index in [4.69, 9.17) is 9.47 Å². The van der Waals surface area contributed by atoms with Crippen LogP contribution in [-0.4, -0.2) is 29.7 Å². The van der Waals surface area contributed by atoms with Crippen molar-refractivity contribution < 1.29 is 23.9 Å². The van der Waals surface area contributed by atoms with Crippen LogP contribution in [0.4, 0.5) is 9.59 Å². The molecule has 8 nitrogen and oxygen atoms in total. The molecule has 132 valence electrons. The van der Waals surface area contributed by atoms with Crippen molar-refractivity contribution in [1.82, 2.24) is 16.2 Å². The van der Waals surface area contributed by atoms with Crippen LogP contribution in [0.2, 0.25) is 0 Å². The van der Waals surface area contributed by atoms with Crippen LogP contribution < -0.4 is 16.2 Å². The lowest BCUT2D eigenvalue weighted by Crippen LogP contribution is -2.52. The molecule has 1 aromatic rings. The maximum Gasteiger partial charge on any atom is 0.426 e. The second-order valence-electron chi connectivity index (χ2n) is 6.04. The minimum Gasteiger partial charge on any atom is -0.445 e. The van der Waals surface area contributed by atoms with Gasteiger partial charge in [0.25, 0.3) is 5.91 Å². The standard InChI is InChI=1S/C16H23N3O5/c1-11(13(20)18-19-15(22)24-16(2,3)4)17-14(21)23-10-12-8-6-5-7-9-12/h5-9,11H,10H2,1-4H3,(H,17,21)(H,18,20)(H,19,22)/t11-/m0/s1. The fourth-order valence-corrected chi connectivity index (χ4v) is 1.53. The van der Waals surface area contributed by atoms with E-state index in [-0.39, 0.29) is 6.61 Å². The first-order valence-electron chi connectivity index (χ1n) is 7.43. The fraction of sp³-hybridized carbons (Fsp3) is 0.438. The highest BCUT2D eigenvalue weighted by Crippen LogP contribution is 2.05. The number of benzene rings is 1. The van der Waals surface area contributed by atoms with Gasteiger partial charge in [0.05, 0.1) is 0 Å². The summed E-state index contributed by atoms with van der Waals surface area (Å²) in [5.74, 6) is -0.613. The maximum absolute atomic E-state index is 11.8. The highest BCUT2D eigenvalue weighted by atomic mass is 16.6. The highest BCUT2D eigenvalue weighted by molar-refractivity contribution is 5.86. The molecule has 0 unspecified atom stereocenters. The molecule has 0 aliphatic heterocycles. The number of carbonyl (C=O) groups is 3. The lowest BCUT2D eigenvalue weighted by atomic mass is 10.2. The maximum atomic E-state index is 11.8. The van der Waals surface area contributed by atoms with Gasteiger partial charge in [-0.05, 0) is 33.3 Å². The molecule has 0 saturated heterocycles. The van der Waals surface area contributed by atoms with Gasteiger partial charge in [0.2, 0.25) is 0 Å². The Bertz CT molecular complexity index is 569. The number of hydrogen-bond donors (Lipinski definition) is 3. The van der Waals surface area contributed by atoms with Crippen molar-refractivity contribution in [2.24, 2.45) is 0 Å². The summed E-state index contributed by atoms with van der Waals surface area (Å²) in [6, 6.07) is 8.24. The lowest BCUT2D eigenvalue weighted by molar-refractivity contribution is -0.123. The van der Waals surface area contributed by atoms with Gasteiger partial charge >= 0.3 is 12.2 Å². The lowest BCUT2D eigenvalue weighted by Gasteiger charge is -2.20. The van der Waals surface area contributed by atoms with Crippen LogP contribution in [0.5, 0.6) is 0 Å². The molecule has 1 rings (SSSR count). The molecular weight excluding hydrogens is 314 g/mol. The monoisotopic (exact) mass is 337 g/mol. The second-order valence-corrected chi connectivity index (χ2v) is 6.04. The van der Waals surface area contributed by atoms with Gasteiger partial charge in [-0.3, -0.25) is 10.2 Å². The zero-order valence-electron chi connectivity index (χ0n) is 14.2. The average Bonchev–Trinajstić information content (AvgIpc) is 2.50. The Morgan fingerprint density at radius 3 is 2.25 bits per heavy atom. The first-order valence-corrected chi connectivity index (χ1v) is 7.43. The Balaban J connectivity index is 2.30. The number of nitrogens with one attached hydrogen (secondary N) is 3. The summed E-state index contributed by atoms with van der Waals surface area (Å²) in [5.41, 5.74) is 4.40. The normalized spacial score (nSPS) is 11.8. The van der Waals surface area contributed by atoms with Crippen LogP contribution in [0, 0.1) is 0 Å². The molecule has 24 heavy (non-hydrogen) atoms. The number of alkyl carbamates (subject to hydrolysis) is 1. The molecule has 8 heteroatoms. The number of ether oxygens (including phenoxy) is 2. The van der Waals surface area contributed by atoms with Gasteiger partial charge in [0.15, 0.2) is 0 Å². The molecule has 0 heterocycles. The number of rotatable bonds is 4. The van der Waals surface area contributed by atoms with Crippen LogP contribution in [0.1, 0.15) is 33.3 Å². The third kappa shape index (κ3) is 8.02. The van der Waals surface area contributed by atoms with E-state index in [9.17, 15) is 14.4 Å². The van der Waals surface area contributed by atoms with Crippen molar-refractivity contribution in [3.8, 4) is 0 Å². The molecule has 0 radical (unpaired) electrons. The van der Waals surface area contributed by atoms with Crippen molar-refractivity contribution in [3.05, 3.63) is 35.9 Å². The van der Waals surface area contributed by atoms with Gasteiger partial charge in [-0.15, -0.1) is 0 Å². The van der Waals surface area contributed by atoms with Gasteiger partial charge in [0, 0.05) is 0 Å². The van der Waals surface area contributed by atoms with E-state index in [1.165, 1.54) is 6.92 Å². The van der Waals surface area contributed by atoms with E-state index in [1.807, 2.05) is 30.3 Å². The van der Waals surface area contributed by atoms with Crippen LogP contribution in [-0.2, 0) is 20.9 Å². The van der Waals surface area contributed by atoms with Gasteiger partial charge in [-0.1, -0.05) is 30.3 Å². The number of hydrogen-bond acceptors (Lipinski definition) is 5. The SMILES string of the molecule is C[C@H](NC(=O)OCc1ccccc1)C(=O)NNC(=O)OC(C)(C)C. The van der Waals surface area contributed by atoms with E-state index >= 15 is 0 Å². The zero-order chi connectivity index (χ0) is 18.2. The van der Waals surface area contributed by atoms with Crippen LogP contribution in [0.25, 0.3) is 0 Å². The van der Waals surface area contributed by atoms with E-state index in [2.05, 4.69) is 16.2 Å². The van der Waals surface area contributed by atoms with E-state index < -0.39 is 29.7 Å². The third-order valence-electron chi connectivity index (χ3n) is 2.63. The Morgan fingerprint density at radius 2 is 1.67 bits per heavy atom. The van der Waals surface area contributed by atoms with Crippen LogP contribution >= 0.6 is 0 Å². The molecule has 3 amide bonds. The Kier molecular flexibility index (Phi) is 7.03. The number of amides is 3. The summed E-state index contributed by atoms with van der Waals surface area (Å²) < 4.78 is 9.96. The minimum atomic E-state index is -0.900.